The fourth-order valence-corrected chi connectivity index (χ4v) is 5.05. The Morgan fingerprint density at radius 1 is 1.19 bits per heavy atom. The Kier molecular flexibility index (Phi) is 6.24. The van der Waals surface area contributed by atoms with Gasteiger partial charge in [-0.3, -0.25) is 4.79 Å². The van der Waals surface area contributed by atoms with Crippen LogP contribution in [-0.4, -0.2) is 5.78 Å². The molecule has 0 spiro atoms. The number of benzene rings is 1. The molecule has 2 aliphatic carbocycles. The van der Waals surface area contributed by atoms with Gasteiger partial charge in [0, 0.05) is 12.1 Å². The summed E-state index contributed by atoms with van der Waals surface area (Å²) < 4.78 is 0. The number of allylic oxidation sites excluding steroid dienone is 3. The smallest absolute Gasteiger partial charge is 0.145 e. The molecule has 3 atom stereocenters. The first-order valence-corrected chi connectivity index (χ1v) is 10.6. The maximum absolute atomic E-state index is 12.3. The van der Waals surface area contributed by atoms with E-state index in [9.17, 15) is 4.79 Å². The zero-order valence-electron chi connectivity index (χ0n) is 17.3. The maximum Gasteiger partial charge on any atom is 0.145 e. The monoisotopic (exact) mass is 365 g/mol. The molecule has 0 aliphatic heterocycles. The van der Waals surface area contributed by atoms with E-state index in [-0.39, 0.29) is 11.7 Å². The summed E-state index contributed by atoms with van der Waals surface area (Å²) in [5, 5.41) is 0. The lowest BCUT2D eigenvalue weighted by molar-refractivity contribution is -0.121. The Labute approximate surface area is 164 Å². The zero-order valence-corrected chi connectivity index (χ0v) is 17.3. The van der Waals surface area contributed by atoms with E-state index in [1.165, 1.54) is 48.8 Å². The predicted molar refractivity (Wildman–Crippen MR) is 113 cm³/mol. The quantitative estimate of drug-likeness (QED) is 0.697. The number of ketones is 1. The highest BCUT2D eigenvalue weighted by molar-refractivity contribution is 5.88. The number of aryl methyl sites for hydroxylation is 1. The third-order valence-corrected chi connectivity index (χ3v) is 6.84. The van der Waals surface area contributed by atoms with Crippen molar-refractivity contribution in [2.75, 3.05) is 0 Å². The van der Waals surface area contributed by atoms with Crippen LogP contribution < -0.4 is 5.73 Å². The van der Waals surface area contributed by atoms with Gasteiger partial charge in [0.25, 0.3) is 0 Å². The maximum atomic E-state index is 12.3. The van der Waals surface area contributed by atoms with Gasteiger partial charge in [-0.05, 0) is 61.2 Å². The summed E-state index contributed by atoms with van der Waals surface area (Å²) in [4.78, 5) is 12.3. The highest BCUT2D eigenvalue weighted by Gasteiger charge is 2.34. The number of hydrogen-bond donors (Lipinski definition) is 1. The Balaban J connectivity index is 1.91. The molecule has 146 valence electrons. The van der Waals surface area contributed by atoms with Crippen LogP contribution >= 0.6 is 0 Å². The van der Waals surface area contributed by atoms with Crippen LogP contribution in [0.4, 0.5) is 0 Å². The average Bonchev–Trinajstić information content (AvgIpc) is 3.13. The van der Waals surface area contributed by atoms with E-state index in [0.29, 0.717) is 18.3 Å². The fourth-order valence-electron chi connectivity index (χ4n) is 5.05. The van der Waals surface area contributed by atoms with Gasteiger partial charge in [-0.25, -0.2) is 0 Å². The molecule has 0 saturated heterocycles. The van der Waals surface area contributed by atoms with Crippen molar-refractivity contribution in [3.8, 4) is 0 Å². The molecule has 2 heteroatoms. The molecule has 2 nitrogen and oxygen atoms in total. The molecule has 0 radical (unpaired) electrons. The second-order valence-electron chi connectivity index (χ2n) is 9.00. The number of hydrogen-bond acceptors (Lipinski definition) is 2. The largest absolute Gasteiger partial charge is 0.401 e. The lowest BCUT2D eigenvalue weighted by Crippen LogP contribution is -2.32. The third-order valence-electron chi connectivity index (χ3n) is 6.84. The van der Waals surface area contributed by atoms with Crippen LogP contribution in [0.15, 0.2) is 47.7 Å². The van der Waals surface area contributed by atoms with Crippen LogP contribution in [0.2, 0.25) is 0 Å². The fraction of sp³-hybridized carbons (Fsp3) is 0.560. The highest BCUT2D eigenvalue weighted by Crippen LogP contribution is 2.41. The number of carbonyl (C=O) groups excluding carboxylic acids is 1. The van der Waals surface area contributed by atoms with Gasteiger partial charge < -0.3 is 5.73 Å². The van der Waals surface area contributed by atoms with Crippen molar-refractivity contribution < 1.29 is 4.79 Å². The Morgan fingerprint density at radius 2 is 1.81 bits per heavy atom. The van der Waals surface area contributed by atoms with Gasteiger partial charge in [0.1, 0.15) is 5.78 Å². The van der Waals surface area contributed by atoms with Crippen molar-refractivity contribution in [1.82, 2.24) is 0 Å². The van der Waals surface area contributed by atoms with E-state index in [0.717, 1.165) is 23.6 Å². The van der Waals surface area contributed by atoms with E-state index in [1.807, 2.05) is 6.92 Å². The molecule has 1 aromatic rings. The van der Waals surface area contributed by atoms with E-state index in [4.69, 9.17) is 5.73 Å². The molecule has 3 unspecified atom stereocenters. The number of carbonyl (C=O) groups is 1. The summed E-state index contributed by atoms with van der Waals surface area (Å²) in [6.07, 6.45) is 8.18. The molecule has 0 amide bonds. The summed E-state index contributed by atoms with van der Waals surface area (Å²) in [6, 6.07) is 8.85. The molecule has 2 N–H and O–H groups in total. The van der Waals surface area contributed by atoms with Crippen molar-refractivity contribution in [3.05, 3.63) is 58.8 Å². The van der Waals surface area contributed by atoms with Gasteiger partial charge in [0.15, 0.2) is 0 Å². The molecule has 3 rings (SSSR count). The number of Topliss-reactive ketones (excluding diaryl/α,β-unsaturated/α-hetero) is 1. The molecule has 2 aliphatic rings. The van der Waals surface area contributed by atoms with E-state index in [2.05, 4.69) is 44.7 Å². The summed E-state index contributed by atoms with van der Waals surface area (Å²) in [5.74, 6) is 1.76. The first-order valence-electron chi connectivity index (χ1n) is 10.6. The van der Waals surface area contributed by atoms with E-state index in [1.54, 1.807) is 0 Å². The molecule has 0 heterocycles. The zero-order chi connectivity index (χ0) is 19.6. The van der Waals surface area contributed by atoms with Crippen LogP contribution in [0.1, 0.15) is 63.5 Å². The minimum atomic E-state index is -0.176. The molecule has 0 bridgehead atoms. The lowest BCUT2D eigenvalue weighted by Gasteiger charge is -2.34. The van der Waals surface area contributed by atoms with Gasteiger partial charge in [-0.1, -0.05) is 69.0 Å². The van der Waals surface area contributed by atoms with Crippen LogP contribution in [0.25, 0.3) is 0 Å². The first kappa shape index (κ1) is 19.9. The van der Waals surface area contributed by atoms with Gasteiger partial charge in [0.2, 0.25) is 0 Å². The Hall–Kier alpha value is -1.83. The SMILES string of the molecule is C=C1CC(=O)C(C)C(N)=C1C(Cc1ccc(C)cc1)C(C)CC1CCCC1. The van der Waals surface area contributed by atoms with E-state index >= 15 is 0 Å². The molecule has 0 aromatic heterocycles. The summed E-state index contributed by atoms with van der Waals surface area (Å²) >= 11 is 0. The standard InChI is InChI=1S/C25H35NO/c1-16-9-11-21(12-10-16)15-22(17(2)13-20-7-5-6-8-20)24-18(3)14-23(27)19(4)25(24)26/h9-12,17,19-20,22H,3,5-8,13-15,26H2,1-2,4H3. The van der Waals surface area contributed by atoms with Crippen LogP contribution in [-0.2, 0) is 11.2 Å². The van der Waals surface area contributed by atoms with Crippen LogP contribution in [0.3, 0.4) is 0 Å². The highest BCUT2D eigenvalue weighted by atomic mass is 16.1. The Bertz CT molecular complexity index is 721. The topological polar surface area (TPSA) is 43.1 Å². The molecule has 1 saturated carbocycles. The van der Waals surface area contributed by atoms with Gasteiger partial charge in [-0.2, -0.15) is 0 Å². The lowest BCUT2D eigenvalue weighted by atomic mass is 9.70. The van der Waals surface area contributed by atoms with Crippen molar-refractivity contribution in [1.29, 1.82) is 0 Å². The van der Waals surface area contributed by atoms with Crippen LogP contribution in [0.5, 0.6) is 0 Å². The van der Waals surface area contributed by atoms with Crippen molar-refractivity contribution in [3.63, 3.8) is 0 Å². The molecular weight excluding hydrogens is 330 g/mol. The Morgan fingerprint density at radius 3 is 2.44 bits per heavy atom. The summed E-state index contributed by atoms with van der Waals surface area (Å²) in [6.45, 7) is 10.7. The van der Waals surface area contributed by atoms with Gasteiger partial charge in [-0.15, -0.1) is 0 Å². The minimum Gasteiger partial charge on any atom is -0.401 e. The van der Waals surface area contributed by atoms with Crippen molar-refractivity contribution in [2.24, 2.45) is 29.4 Å². The second-order valence-corrected chi connectivity index (χ2v) is 9.00. The normalized spacial score (nSPS) is 23.7. The molecule has 1 fully saturated rings. The van der Waals surface area contributed by atoms with Gasteiger partial charge >= 0.3 is 0 Å². The summed E-state index contributed by atoms with van der Waals surface area (Å²) in [5.41, 5.74) is 12.1. The molecular formula is C25H35NO. The number of nitrogens with two attached hydrogens (primary N) is 1. The first-order chi connectivity index (χ1) is 12.9. The summed E-state index contributed by atoms with van der Waals surface area (Å²) in [7, 11) is 0. The molecule has 1 aromatic carbocycles. The number of rotatable bonds is 6. The molecule has 27 heavy (non-hydrogen) atoms. The average molecular weight is 366 g/mol. The third kappa shape index (κ3) is 4.54. The predicted octanol–water partition coefficient (Wildman–Crippen LogP) is 5.75. The van der Waals surface area contributed by atoms with Crippen molar-refractivity contribution in [2.45, 2.75) is 65.7 Å². The van der Waals surface area contributed by atoms with Crippen molar-refractivity contribution >= 4 is 5.78 Å². The van der Waals surface area contributed by atoms with Crippen LogP contribution in [0, 0.1) is 30.6 Å². The second kappa shape index (κ2) is 8.46. The van der Waals surface area contributed by atoms with E-state index < -0.39 is 0 Å². The van der Waals surface area contributed by atoms with Gasteiger partial charge in [0.05, 0.1) is 5.92 Å². The minimum absolute atomic E-state index is 0.176.